The molecule has 0 bridgehead atoms. The fourth-order valence-electron chi connectivity index (χ4n) is 1.35. The summed E-state index contributed by atoms with van der Waals surface area (Å²) < 4.78 is 23.6. The lowest BCUT2D eigenvalue weighted by molar-refractivity contribution is 0.621. The number of rotatable bonds is 2. The van der Waals surface area contributed by atoms with Crippen LogP contribution < -0.4 is 5.43 Å². The summed E-state index contributed by atoms with van der Waals surface area (Å²) in [5.41, 5.74) is 3.10. The van der Waals surface area contributed by atoms with E-state index in [-0.39, 0.29) is 0 Å². The minimum atomic E-state index is -2.44. The van der Waals surface area contributed by atoms with Gasteiger partial charge < -0.3 is 0 Å². The fourth-order valence-corrected chi connectivity index (χ4v) is 1.53. The molecule has 0 atom stereocenters. The Labute approximate surface area is 88.2 Å². The van der Waals surface area contributed by atoms with Gasteiger partial charge in [0.05, 0.1) is 5.69 Å². The summed E-state index contributed by atoms with van der Waals surface area (Å²) in [6.07, 6.45) is 0. The standard InChI is InChI=1S/C10H8N2O2S/c13-15(14)12-11-10-6-5-8-3-1-2-4-9(8)7-10/h1-7,11H. The van der Waals surface area contributed by atoms with Crippen molar-refractivity contribution in [2.45, 2.75) is 0 Å². The molecule has 0 aliphatic carbocycles. The molecule has 0 aliphatic rings. The van der Waals surface area contributed by atoms with Gasteiger partial charge in [-0.05, 0) is 22.9 Å². The maximum atomic E-state index is 10.2. The highest BCUT2D eigenvalue weighted by Crippen LogP contribution is 2.18. The molecule has 0 saturated heterocycles. The maximum absolute atomic E-state index is 10.2. The molecule has 0 radical (unpaired) electrons. The van der Waals surface area contributed by atoms with Gasteiger partial charge >= 0.3 is 10.5 Å². The van der Waals surface area contributed by atoms with E-state index in [9.17, 15) is 8.42 Å². The first kappa shape index (κ1) is 9.67. The molecule has 76 valence electrons. The zero-order valence-corrected chi connectivity index (χ0v) is 8.53. The number of nitrogens with zero attached hydrogens (tertiary/aromatic N) is 1. The molecule has 15 heavy (non-hydrogen) atoms. The van der Waals surface area contributed by atoms with Gasteiger partial charge in [-0.3, -0.25) is 5.43 Å². The van der Waals surface area contributed by atoms with Crippen LogP contribution in [0.5, 0.6) is 0 Å². The van der Waals surface area contributed by atoms with Crippen molar-refractivity contribution in [2.75, 3.05) is 5.43 Å². The van der Waals surface area contributed by atoms with Crippen LogP contribution in [0.1, 0.15) is 0 Å². The van der Waals surface area contributed by atoms with Crippen molar-refractivity contribution in [1.82, 2.24) is 0 Å². The maximum Gasteiger partial charge on any atom is 0.332 e. The Hall–Kier alpha value is -1.88. The zero-order chi connectivity index (χ0) is 10.7. The zero-order valence-electron chi connectivity index (χ0n) is 7.71. The molecule has 2 aromatic rings. The molecule has 0 fully saturated rings. The van der Waals surface area contributed by atoms with Gasteiger partial charge in [0.25, 0.3) is 0 Å². The number of hydrogen-bond acceptors (Lipinski definition) is 3. The molecule has 0 heterocycles. The van der Waals surface area contributed by atoms with Crippen molar-refractivity contribution in [1.29, 1.82) is 0 Å². The van der Waals surface area contributed by atoms with Crippen LogP contribution in [0, 0.1) is 0 Å². The third-order valence-corrected chi connectivity index (χ3v) is 2.24. The number of hydrogen-bond donors (Lipinski definition) is 1. The van der Waals surface area contributed by atoms with Crippen molar-refractivity contribution in [3.63, 3.8) is 0 Å². The highest BCUT2D eigenvalue weighted by molar-refractivity contribution is 7.61. The van der Waals surface area contributed by atoms with Gasteiger partial charge in [0.1, 0.15) is 0 Å². The molecule has 2 aromatic carbocycles. The molecular formula is C10H8N2O2S. The highest BCUT2D eigenvalue weighted by atomic mass is 32.2. The number of fused-ring (bicyclic) bond motifs is 1. The third kappa shape index (κ3) is 2.32. The van der Waals surface area contributed by atoms with Gasteiger partial charge in [-0.1, -0.05) is 34.8 Å². The van der Waals surface area contributed by atoms with Crippen LogP contribution in [0.4, 0.5) is 5.69 Å². The average Bonchev–Trinajstić information content (AvgIpc) is 2.26. The summed E-state index contributed by atoms with van der Waals surface area (Å²) in [7, 11) is -2.44. The van der Waals surface area contributed by atoms with Crippen LogP contribution in [0.25, 0.3) is 10.8 Å². The van der Waals surface area contributed by atoms with Crippen LogP contribution in [-0.4, -0.2) is 8.42 Å². The molecule has 2 rings (SSSR count). The predicted octanol–water partition coefficient (Wildman–Crippen LogP) is 2.23. The molecule has 0 aliphatic heterocycles. The molecule has 5 heteroatoms. The molecule has 0 amide bonds. The van der Waals surface area contributed by atoms with E-state index in [1.807, 2.05) is 36.4 Å². The summed E-state index contributed by atoms with van der Waals surface area (Å²) in [5, 5.41) is 2.14. The first-order valence-electron chi connectivity index (χ1n) is 4.30. The van der Waals surface area contributed by atoms with Crippen molar-refractivity contribution in [3.05, 3.63) is 42.5 Å². The largest absolute Gasteiger partial charge is 0.332 e. The minimum Gasteiger partial charge on any atom is -0.263 e. The van der Waals surface area contributed by atoms with Gasteiger partial charge in [0, 0.05) is 0 Å². The Bertz CT molecular complexity index is 612. The van der Waals surface area contributed by atoms with Crippen molar-refractivity contribution < 1.29 is 8.42 Å². The molecular weight excluding hydrogens is 212 g/mol. The Morgan fingerprint density at radius 1 is 1.00 bits per heavy atom. The summed E-state index contributed by atoms with van der Waals surface area (Å²) in [6.45, 7) is 0. The second kappa shape index (κ2) is 4.10. The van der Waals surface area contributed by atoms with E-state index in [4.69, 9.17) is 0 Å². The van der Waals surface area contributed by atoms with E-state index in [1.165, 1.54) is 0 Å². The van der Waals surface area contributed by atoms with Gasteiger partial charge in [0.2, 0.25) is 0 Å². The molecule has 0 unspecified atom stereocenters. The van der Waals surface area contributed by atoms with Gasteiger partial charge in [0.15, 0.2) is 0 Å². The van der Waals surface area contributed by atoms with Crippen molar-refractivity contribution >= 4 is 27.0 Å². The van der Waals surface area contributed by atoms with E-state index in [2.05, 4.69) is 9.90 Å². The van der Waals surface area contributed by atoms with Crippen LogP contribution >= 0.6 is 0 Å². The number of nitrogens with one attached hydrogen (secondary N) is 1. The first-order chi connectivity index (χ1) is 7.25. The Morgan fingerprint density at radius 2 is 1.73 bits per heavy atom. The number of anilines is 1. The lowest BCUT2D eigenvalue weighted by atomic mass is 10.1. The predicted molar refractivity (Wildman–Crippen MR) is 58.9 cm³/mol. The van der Waals surface area contributed by atoms with Crippen LogP contribution in [0.15, 0.2) is 46.9 Å². The first-order valence-corrected chi connectivity index (χ1v) is 5.34. The van der Waals surface area contributed by atoms with Crippen LogP contribution in [0.2, 0.25) is 0 Å². The second-order valence-corrected chi connectivity index (χ2v) is 3.60. The van der Waals surface area contributed by atoms with Gasteiger partial charge in [-0.15, -0.1) is 0 Å². The van der Waals surface area contributed by atoms with E-state index in [0.717, 1.165) is 10.8 Å². The summed E-state index contributed by atoms with van der Waals surface area (Å²) >= 11 is 0. The molecule has 0 aromatic heterocycles. The Balaban J connectivity index is 2.43. The van der Waals surface area contributed by atoms with Crippen LogP contribution in [-0.2, 0) is 10.5 Å². The Morgan fingerprint density at radius 3 is 2.47 bits per heavy atom. The number of benzene rings is 2. The van der Waals surface area contributed by atoms with E-state index >= 15 is 0 Å². The fraction of sp³-hybridized carbons (Fsp3) is 0. The Kier molecular flexibility index (Phi) is 2.64. The monoisotopic (exact) mass is 220 g/mol. The van der Waals surface area contributed by atoms with Gasteiger partial charge in [-0.2, -0.15) is 8.42 Å². The normalized spacial score (nSPS) is 9.87. The highest BCUT2D eigenvalue weighted by Gasteiger charge is 1.93. The average molecular weight is 220 g/mol. The topological polar surface area (TPSA) is 58.5 Å². The minimum absolute atomic E-state index is 0.651. The van der Waals surface area contributed by atoms with E-state index < -0.39 is 10.5 Å². The summed E-state index contributed by atoms with van der Waals surface area (Å²) in [5.74, 6) is 0. The third-order valence-electron chi connectivity index (χ3n) is 2.00. The van der Waals surface area contributed by atoms with Gasteiger partial charge in [-0.25, -0.2) is 0 Å². The SMILES string of the molecule is O=S(=O)=NNc1ccc2ccccc2c1. The lowest BCUT2D eigenvalue weighted by Gasteiger charge is -2.00. The molecule has 1 N–H and O–H groups in total. The lowest BCUT2D eigenvalue weighted by Crippen LogP contribution is -1.86. The second-order valence-electron chi connectivity index (χ2n) is 2.98. The molecule has 0 spiro atoms. The summed E-state index contributed by atoms with van der Waals surface area (Å²) in [6, 6.07) is 13.3. The molecule has 0 saturated carbocycles. The summed E-state index contributed by atoms with van der Waals surface area (Å²) in [4.78, 5) is 0. The van der Waals surface area contributed by atoms with Crippen molar-refractivity contribution in [3.8, 4) is 0 Å². The van der Waals surface area contributed by atoms with Crippen LogP contribution in [0.3, 0.4) is 0 Å². The quantitative estimate of drug-likeness (QED) is 0.789. The van der Waals surface area contributed by atoms with E-state index in [0.29, 0.717) is 5.69 Å². The smallest absolute Gasteiger partial charge is 0.263 e. The molecule has 4 nitrogen and oxygen atoms in total. The van der Waals surface area contributed by atoms with E-state index in [1.54, 1.807) is 6.07 Å². The van der Waals surface area contributed by atoms with Crippen molar-refractivity contribution in [2.24, 2.45) is 4.47 Å².